The van der Waals surface area contributed by atoms with Crippen LogP contribution < -0.4 is 25.0 Å². The average Bonchev–Trinajstić information content (AvgIpc) is 3.16. The highest BCUT2D eigenvalue weighted by molar-refractivity contribution is 5.89. The normalized spacial score (nSPS) is 16.2. The Kier molecular flexibility index (Phi) is 5.76. The van der Waals surface area contributed by atoms with Crippen molar-refractivity contribution in [3.63, 3.8) is 0 Å². The molecule has 0 aromatic heterocycles. The number of anilines is 2. The van der Waals surface area contributed by atoms with Gasteiger partial charge in [-0.2, -0.15) is 0 Å². The van der Waals surface area contributed by atoms with Gasteiger partial charge in [0.1, 0.15) is 0 Å². The van der Waals surface area contributed by atoms with Crippen LogP contribution in [0.5, 0.6) is 11.5 Å². The Morgan fingerprint density at radius 3 is 2.45 bits per heavy atom. The molecule has 2 N–H and O–H groups in total. The summed E-state index contributed by atoms with van der Waals surface area (Å²) in [6.45, 7) is 9.07. The van der Waals surface area contributed by atoms with E-state index in [4.69, 9.17) is 9.47 Å². The van der Waals surface area contributed by atoms with Gasteiger partial charge < -0.3 is 25.0 Å². The summed E-state index contributed by atoms with van der Waals surface area (Å²) in [4.78, 5) is 16.6. The van der Waals surface area contributed by atoms with Crippen LogP contribution in [-0.4, -0.2) is 49.9 Å². The summed E-state index contributed by atoms with van der Waals surface area (Å²) in [6.07, 6.45) is 0. The summed E-state index contributed by atoms with van der Waals surface area (Å²) in [5, 5.41) is 5.69. The topological polar surface area (TPSA) is 66.1 Å². The van der Waals surface area contributed by atoms with Crippen LogP contribution in [0.4, 0.5) is 16.2 Å². The number of benzene rings is 2. The van der Waals surface area contributed by atoms with Crippen molar-refractivity contribution in [1.82, 2.24) is 10.2 Å². The zero-order chi connectivity index (χ0) is 20.2. The zero-order valence-electron chi connectivity index (χ0n) is 17.0. The van der Waals surface area contributed by atoms with Crippen LogP contribution in [0.25, 0.3) is 0 Å². The molecule has 0 radical (unpaired) electrons. The summed E-state index contributed by atoms with van der Waals surface area (Å²) in [6, 6.07) is 14.2. The van der Waals surface area contributed by atoms with Gasteiger partial charge in [0, 0.05) is 50.1 Å². The number of amides is 2. The molecule has 2 aromatic carbocycles. The first-order valence-electron chi connectivity index (χ1n) is 10.1. The van der Waals surface area contributed by atoms with Gasteiger partial charge in [0.25, 0.3) is 0 Å². The van der Waals surface area contributed by atoms with Crippen LogP contribution in [0, 0.1) is 0 Å². The highest BCUT2D eigenvalue weighted by atomic mass is 16.7. The fourth-order valence-electron chi connectivity index (χ4n) is 3.65. The second-order valence-corrected chi connectivity index (χ2v) is 7.75. The van der Waals surface area contributed by atoms with E-state index < -0.39 is 0 Å². The maximum atomic E-state index is 11.8. The number of ether oxygens (including phenoxy) is 2. The third kappa shape index (κ3) is 4.92. The van der Waals surface area contributed by atoms with Gasteiger partial charge in [0.15, 0.2) is 11.5 Å². The Bertz CT molecular complexity index is 846. The van der Waals surface area contributed by atoms with E-state index in [2.05, 4.69) is 44.7 Å². The molecular weight excluding hydrogens is 368 g/mol. The molecule has 0 spiro atoms. The molecule has 2 aliphatic heterocycles. The average molecular weight is 396 g/mol. The second kappa shape index (κ2) is 8.61. The van der Waals surface area contributed by atoms with Crippen LogP contribution in [0.3, 0.4) is 0 Å². The van der Waals surface area contributed by atoms with Crippen LogP contribution in [0.2, 0.25) is 0 Å². The quantitative estimate of drug-likeness (QED) is 0.812. The summed E-state index contributed by atoms with van der Waals surface area (Å²) in [7, 11) is 0. The van der Waals surface area contributed by atoms with E-state index in [0.717, 1.165) is 49.9 Å². The number of carbonyl (C=O) groups is 1. The maximum Gasteiger partial charge on any atom is 0.319 e. The lowest BCUT2D eigenvalue weighted by Crippen LogP contribution is -2.45. The Morgan fingerprint density at radius 1 is 1.00 bits per heavy atom. The molecule has 0 aliphatic carbocycles. The Morgan fingerprint density at radius 2 is 1.72 bits per heavy atom. The molecule has 2 aliphatic rings. The Balaban J connectivity index is 1.27. The molecule has 7 nitrogen and oxygen atoms in total. The van der Waals surface area contributed by atoms with Gasteiger partial charge in [0.2, 0.25) is 6.79 Å². The molecular formula is C22H28N4O3. The number of fused-ring (bicyclic) bond motifs is 1. The SMILES string of the molecule is CC(C)NC(=O)Nc1ccc(N2CCN(Cc3ccc4c(c3)OCO4)CC2)cc1. The zero-order valence-corrected chi connectivity index (χ0v) is 17.0. The maximum absolute atomic E-state index is 11.8. The molecule has 0 atom stereocenters. The molecule has 154 valence electrons. The molecule has 0 bridgehead atoms. The first-order valence-corrected chi connectivity index (χ1v) is 10.1. The number of hydrogen-bond acceptors (Lipinski definition) is 5. The van der Waals surface area contributed by atoms with E-state index in [-0.39, 0.29) is 12.1 Å². The summed E-state index contributed by atoms with van der Waals surface area (Å²) in [5.41, 5.74) is 3.23. The van der Waals surface area contributed by atoms with Gasteiger partial charge in [-0.15, -0.1) is 0 Å². The lowest BCUT2D eigenvalue weighted by atomic mass is 10.1. The van der Waals surface area contributed by atoms with Crippen molar-refractivity contribution in [2.75, 3.05) is 43.2 Å². The van der Waals surface area contributed by atoms with Crippen molar-refractivity contribution < 1.29 is 14.3 Å². The molecule has 1 fully saturated rings. The van der Waals surface area contributed by atoms with Gasteiger partial charge in [-0.1, -0.05) is 6.07 Å². The van der Waals surface area contributed by atoms with E-state index >= 15 is 0 Å². The summed E-state index contributed by atoms with van der Waals surface area (Å²) in [5.74, 6) is 1.68. The molecule has 2 amide bonds. The fourth-order valence-corrected chi connectivity index (χ4v) is 3.65. The smallest absolute Gasteiger partial charge is 0.319 e. The van der Waals surface area contributed by atoms with Crippen molar-refractivity contribution in [3.05, 3.63) is 48.0 Å². The minimum Gasteiger partial charge on any atom is -0.454 e. The van der Waals surface area contributed by atoms with E-state index in [1.165, 1.54) is 11.3 Å². The highest BCUT2D eigenvalue weighted by Crippen LogP contribution is 2.33. The highest BCUT2D eigenvalue weighted by Gasteiger charge is 2.19. The van der Waals surface area contributed by atoms with Crippen molar-refractivity contribution in [2.45, 2.75) is 26.4 Å². The van der Waals surface area contributed by atoms with Crippen LogP contribution in [0.1, 0.15) is 19.4 Å². The Hall–Kier alpha value is -2.93. The summed E-state index contributed by atoms with van der Waals surface area (Å²) >= 11 is 0. The molecule has 29 heavy (non-hydrogen) atoms. The van der Waals surface area contributed by atoms with E-state index in [1.807, 2.05) is 32.0 Å². The molecule has 7 heteroatoms. The van der Waals surface area contributed by atoms with Gasteiger partial charge in [-0.25, -0.2) is 4.79 Å². The van der Waals surface area contributed by atoms with Crippen LogP contribution in [0.15, 0.2) is 42.5 Å². The van der Waals surface area contributed by atoms with E-state index in [9.17, 15) is 4.79 Å². The number of nitrogens with zero attached hydrogens (tertiary/aromatic N) is 2. The van der Waals surface area contributed by atoms with Gasteiger partial charge in [-0.05, 0) is 55.8 Å². The fraction of sp³-hybridized carbons (Fsp3) is 0.409. The predicted molar refractivity (Wildman–Crippen MR) is 114 cm³/mol. The van der Waals surface area contributed by atoms with Crippen molar-refractivity contribution in [2.24, 2.45) is 0 Å². The van der Waals surface area contributed by atoms with Crippen molar-refractivity contribution in [3.8, 4) is 11.5 Å². The number of piperazine rings is 1. The van der Waals surface area contributed by atoms with Crippen LogP contribution >= 0.6 is 0 Å². The number of carbonyl (C=O) groups excluding carboxylic acids is 1. The van der Waals surface area contributed by atoms with E-state index in [1.54, 1.807) is 0 Å². The van der Waals surface area contributed by atoms with E-state index in [0.29, 0.717) is 6.79 Å². The second-order valence-electron chi connectivity index (χ2n) is 7.75. The van der Waals surface area contributed by atoms with Crippen molar-refractivity contribution in [1.29, 1.82) is 0 Å². The third-order valence-electron chi connectivity index (χ3n) is 5.13. The third-order valence-corrected chi connectivity index (χ3v) is 5.13. The largest absolute Gasteiger partial charge is 0.454 e. The molecule has 2 heterocycles. The van der Waals surface area contributed by atoms with Gasteiger partial charge in [0.05, 0.1) is 0 Å². The van der Waals surface area contributed by atoms with Crippen molar-refractivity contribution >= 4 is 17.4 Å². The number of rotatable bonds is 5. The lowest BCUT2D eigenvalue weighted by molar-refractivity contribution is 0.174. The molecule has 1 saturated heterocycles. The molecule has 0 saturated carbocycles. The number of nitrogens with one attached hydrogen (secondary N) is 2. The lowest BCUT2D eigenvalue weighted by Gasteiger charge is -2.36. The minimum absolute atomic E-state index is 0.114. The predicted octanol–water partition coefficient (Wildman–Crippen LogP) is 3.27. The van der Waals surface area contributed by atoms with Crippen LogP contribution in [-0.2, 0) is 6.54 Å². The molecule has 4 rings (SSSR count). The first kappa shape index (κ1) is 19.4. The Labute approximate surface area is 171 Å². The molecule has 0 unspecified atom stereocenters. The standard InChI is InChI=1S/C22H28N4O3/c1-16(2)23-22(27)24-18-4-6-19(7-5-18)26-11-9-25(10-12-26)14-17-3-8-20-21(13-17)29-15-28-20/h3-8,13,16H,9-12,14-15H2,1-2H3,(H2,23,24,27). The minimum atomic E-state index is -0.176. The first-order chi connectivity index (χ1) is 14.1. The number of hydrogen-bond donors (Lipinski definition) is 2. The number of urea groups is 1. The van der Waals surface area contributed by atoms with Gasteiger partial charge in [-0.3, -0.25) is 4.90 Å². The molecule has 2 aromatic rings. The summed E-state index contributed by atoms with van der Waals surface area (Å²) < 4.78 is 10.9. The van der Waals surface area contributed by atoms with Gasteiger partial charge >= 0.3 is 6.03 Å². The monoisotopic (exact) mass is 396 g/mol.